The van der Waals surface area contributed by atoms with Gasteiger partial charge < -0.3 is 10.1 Å². The molecule has 2 nitrogen and oxygen atoms in total. The number of rotatable bonds is 3. The molecular weight excluding hydrogens is 186 g/mol. The summed E-state index contributed by atoms with van der Waals surface area (Å²) in [6, 6.07) is 0. The van der Waals surface area contributed by atoms with Gasteiger partial charge in [0.05, 0.1) is 6.10 Å². The molecule has 0 aromatic rings. The molecule has 0 aliphatic carbocycles. The Balaban J connectivity index is 2.67. The van der Waals surface area contributed by atoms with Crippen LogP contribution in [0.15, 0.2) is 0 Å². The second-order valence-corrected chi connectivity index (χ2v) is 6.25. The number of hydrogen-bond donors (Lipinski definition) is 1. The molecule has 1 saturated heterocycles. The van der Waals surface area contributed by atoms with Gasteiger partial charge in [-0.3, -0.25) is 0 Å². The third kappa shape index (κ3) is 2.94. The van der Waals surface area contributed by atoms with E-state index >= 15 is 0 Å². The molecule has 2 atom stereocenters. The monoisotopic (exact) mass is 213 g/mol. The van der Waals surface area contributed by atoms with Crippen molar-refractivity contribution in [1.29, 1.82) is 0 Å². The first-order valence-electron chi connectivity index (χ1n) is 6.14. The maximum Gasteiger partial charge on any atom is 0.0618 e. The van der Waals surface area contributed by atoms with E-state index in [0.29, 0.717) is 17.4 Å². The summed E-state index contributed by atoms with van der Waals surface area (Å²) in [7, 11) is 0. The first-order valence-corrected chi connectivity index (χ1v) is 6.14. The van der Waals surface area contributed by atoms with E-state index in [9.17, 15) is 0 Å². The molecule has 0 aromatic carbocycles. The first-order chi connectivity index (χ1) is 6.78. The van der Waals surface area contributed by atoms with Gasteiger partial charge in [0.25, 0.3) is 0 Å². The normalized spacial score (nSPS) is 32.6. The van der Waals surface area contributed by atoms with Gasteiger partial charge in [-0.1, -0.05) is 13.8 Å². The van der Waals surface area contributed by atoms with Crippen molar-refractivity contribution in [3.05, 3.63) is 0 Å². The topological polar surface area (TPSA) is 21.3 Å². The summed E-state index contributed by atoms with van der Waals surface area (Å²) in [6.07, 6.45) is 1.57. The average Bonchev–Trinajstić information content (AvgIpc) is 2.43. The lowest BCUT2D eigenvalue weighted by Crippen LogP contribution is -2.49. The molecule has 2 heteroatoms. The van der Waals surface area contributed by atoms with Crippen molar-refractivity contribution in [2.45, 2.75) is 59.6 Å². The van der Waals surface area contributed by atoms with E-state index in [1.54, 1.807) is 0 Å². The van der Waals surface area contributed by atoms with Gasteiger partial charge in [0.1, 0.15) is 0 Å². The van der Waals surface area contributed by atoms with E-state index < -0.39 is 0 Å². The lowest BCUT2D eigenvalue weighted by molar-refractivity contribution is 0.0338. The highest BCUT2D eigenvalue weighted by Gasteiger charge is 2.44. The molecule has 2 unspecified atom stereocenters. The fourth-order valence-electron chi connectivity index (χ4n) is 2.42. The highest BCUT2D eigenvalue weighted by atomic mass is 16.5. The first kappa shape index (κ1) is 13.0. The molecular formula is C13H27NO. The summed E-state index contributed by atoms with van der Waals surface area (Å²) in [5, 5.41) is 3.64. The maximum absolute atomic E-state index is 5.76. The number of ether oxygens (including phenoxy) is 1. The van der Waals surface area contributed by atoms with Gasteiger partial charge in [0, 0.05) is 24.1 Å². The SMILES string of the molecule is CC(C)C1(CNC(C)(C)C)CCOC1C. The summed E-state index contributed by atoms with van der Waals surface area (Å²) in [4.78, 5) is 0. The lowest BCUT2D eigenvalue weighted by atomic mass is 9.72. The Morgan fingerprint density at radius 2 is 2.00 bits per heavy atom. The predicted octanol–water partition coefficient (Wildman–Crippen LogP) is 2.83. The van der Waals surface area contributed by atoms with Crippen molar-refractivity contribution in [1.82, 2.24) is 5.32 Å². The largest absolute Gasteiger partial charge is 0.378 e. The van der Waals surface area contributed by atoms with Crippen LogP contribution < -0.4 is 5.32 Å². The van der Waals surface area contributed by atoms with Crippen LogP contribution in [0.3, 0.4) is 0 Å². The van der Waals surface area contributed by atoms with Crippen molar-refractivity contribution >= 4 is 0 Å². The summed E-state index contributed by atoms with van der Waals surface area (Å²) in [5.74, 6) is 0.671. The summed E-state index contributed by atoms with van der Waals surface area (Å²) < 4.78 is 5.76. The lowest BCUT2D eigenvalue weighted by Gasteiger charge is -2.39. The minimum Gasteiger partial charge on any atom is -0.378 e. The minimum atomic E-state index is 0.199. The van der Waals surface area contributed by atoms with Crippen LogP contribution in [0.1, 0.15) is 48.0 Å². The van der Waals surface area contributed by atoms with Crippen molar-refractivity contribution < 1.29 is 4.74 Å². The highest BCUT2D eigenvalue weighted by molar-refractivity contribution is 4.95. The Kier molecular flexibility index (Phi) is 3.83. The Bertz CT molecular complexity index is 207. The molecule has 15 heavy (non-hydrogen) atoms. The molecule has 1 rings (SSSR count). The third-order valence-electron chi connectivity index (χ3n) is 3.84. The predicted molar refractivity (Wildman–Crippen MR) is 65.1 cm³/mol. The summed E-state index contributed by atoms with van der Waals surface area (Å²) in [5.41, 5.74) is 0.525. The van der Waals surface area contributed by atoms with Crippen molar-refractivity contribution in [3.8, 4) is 0 Å². The second-order valence-electron chi connectivity index (χ2n) is 6.25. The van der Waals surface area contributed by atoms with Crippen LogP contribution in [0.2, 0.25) is 0 Å². The van der Waals surface area contributed by atoms with E-state index in [4.69, 9.17) is 4.74 Å². The zero-order chi connectivity index (χ0) is 11.7. The van der Waals surface area contributed by atoms with E-state index in [1.807, 2.05) is 0 Å². The zero-order valence-electron chi connectivity index (χ0n) is 11.2. The molecule has 0 spiro atoms. The quantitative estimate of drug-likeness (QED) is 0.778. The Labute approximate surface area is 94.8 Å². The Morgan fingerprint density at radius 3 is 2.33 bits per heavy atom. The third-order valence-corrected chi connectivity index (χ3v) is 3.84. The molecule has 0 aromatic heterocycles. The van der Waals surface area contributed by atoms with E-state index in [1.165, 1.54) is 6.42 Å². The molecule has 0 amide bonds. The van der Waals surface area contributed by atoms with Gasteiger partial charge in [0.15, 0.2) is 0 Å². The molecule has 0 bridgehead atoms. The highest BCUT2D eigenvalue weighted by Crippen LogP contribution is 2.41. The molecule has 0 saturated carbocycles. The van der Waals surface area contributed by atoms with Crippen LogP contribution in [0.5, 0.6) is 0 Å². The Morgan fingerprint density at radius 1 is 1.40 bits per heavy atom. The molecule has 1 fully saturated rings. The van der Waals surface area contributed by atoms with Crippen LogP contribution in [-0.2, 0) is 4.74 Å². The van der Waals surface area contributed by atoms with Gasteiger partial charge in [-0.15, -0.1) is 0 Å². The molecule has 0 radical (unpaired) electrons. The van der Waals surface area contributed by atoms with Crippen LogP contribution in [0.4, 0.5) is 0 Å². The second kappa shape index (κ2) is 4.42. The van der Waals surface area contributed by atoms with Crippen LogP contribution in [0, 0.1) is 11.3 Å². The van der Waals surface area contributed by atoms with Gasteiger partial charge in [-0.25, -0.2) is 0 Å². The van der Waals surface area contributed by atoms with Crippen LogP contribution in [-0.4, -0.2) is 24.8 Å². The average molecular weight is 213 g/mol. The summed E-state index contributed by atoms with van der Waals surface area (Å²) in [6.45, 7) is 15.5. The van der Waals surface area contributed by atoms with E-state index in [-0.39, 0.29) is 5.54 Å². The van der Waals surface area contributed by atoms with Gasteiger partial charge >= 0.3 is 0 Å². The maximum atomic E-state index is 5.76. The van der Waals surface area contributed by atoms with Crippen molar-refractivity contribution in [2.75, 3.05) is 13.2 Å². The van der Waals surface area contributed by atoms with E-state index in [0.717, 1.165) is 13.2 Å². The standard InChI is InChI=1S/C13H27NO/c1-10(2)13(7-8-15-11(13)3)9-14-12(4,5)6/h10-11,14H,7-9H2,1-6H3. The van der Waals surface area contributed by atoms with Crippen molar-refractivity contribution in [2.24, 2.45) is 11.3 Å². The van der Waals surface area contributed by atoms with Gasteiger partial charge in [0.2, 0.25) is 0 Å². The smallest absolute Gasteiger partial charge is 0.0618 e. The van der Waals surface area contributed by atoms with Crippen molar-refractivity contribution in [3.63, 3.8) is 0 Å². The fourth-order valence-corrected chi connectivity index (χ4v) is 2.42. The van der Waals surface area contributed by atoms with Crippen LogP contribution >= 0.6 is 0 Å². The molecule has 1 aliphatic rings. The van der Waals surface area contributed by atoms with Crippen LogP contribution in [0.25, 0.3) is 0 Å². The minimum absolute atomic E-state index is 0.199. The zero-order valence-corrected chi connectivity index (χ0v) is 11.2. The van der Waals surface area contributed by atoms with Gasteiger partial charge in [-0.05, 0) is 40.0 Å². The number of hydrogen-bond acceptors (Lipinski definition) is 2. The molecule has 1 N–H and O–H groups in total. The van der Waals surface area contributed by atoms with Gasteiger partial charge in [-0.2, -0.15) is 0 Å². The molecule has 1 aliphatic heterocycles. The Hall–Kier alpha value is -0.0800. The number of nitrogens with one attached hydrogen (secondary N) is 1. The molecule has 1 heterocycles. The fraction of sp³-hybridized carbons (Fsp3) is 1.00. The summed E-state index contributed by atoms with van der Waals surface area (Å²) >= 11 is 0. The van der Waals surface area contributed by atoms with E-state index in [2.05, 4.69) is 46.9 Å². The molecule has 90 valence electrons.